The Labute approximate surface area is 31.6 Å². The van der Waals surface area contributed by atoms with E-state index >= 15 is 0 Å². The summed E-state index contributed by atoms with van der Waals surface area (Å²) < 4.78 is 4.33. The van der Waals surface area contributed by atoms with Crippen molar-refractivity contribution in [3.63, 3.8) is 0 Å². The molecular weight excluding hydrogens is 64.8 g/mol. The minimum Gasteiger partial charge on any atom is -0.428 e. The first-order valence-corrected chi connectivity index (χ1v) is 1.27. The first kappa shape index (κ1) is 4.51. The summed E-state index contributed by atoms with van der Waals surface area (Å²) in [5.41, 5.74) is 0. The topological polar surface area (TPSA) is 33.0 Å². The Hall–Kier alpha value is -0.485. The summed E-state index contributed by atoms with van der Waals surface area (Å²) in [6, 6.07) is 0. The van der Waals surface area contributed by atoms with Gasteiger partial charge < -0.3 is 4.65 Å². The largest absolute Gasteiger partial charge is 0.428 e. The molecule has 0 aromatic rings. The molecule has 0 aliphatic heterocycles. The van der Waals surface area contributed by atoms with Gasteiger partial charge in [0, 0.05) is 13.1 Å². The number of hydrogen-bond donors (Lipinski definition) is 0. The van der Waals surface area contributed by atoms with Gasteiger partial charge in [-0.15, -0.1) is 0 Å². The summed E-state index contributed by atoms with van der Waals surface area (Å²) in [5, 5.41) is 7.69. The highest BCUT2D eigenvalue weighted by Gasteiger charge is 1.71. The maximum atomic E-state index is 7.69. The highest BCUT2D eigenvalue weighted by Crippen LogP contribution is 1.48. The fourth-order valence-electron chi connectivity index (χ4n) is 0.0645. The standard InChI is InChI=1S/C2H4BNO/c1-5-3-2-4/h3H,1H3. The van der Waals surface area contributed by atoms with E-state index in [9.17, 15) is 0 Å². The van der Waals surface area contributed by atoms with Crippen LogP contribution in [0.5, 0.6) is 0 Å². The van der Waals surface area contributed by atoms with Gasteiger partial charge in [0.15, 0.2) is 0 Å². The SMILES string of the molecule is COBC#N. The van der Waals surface area contributed by atoms with Crippen LogP contribution in [0.1, 0.15) is 0 Å². The molecule has 0 heterocycles. The lowest BCUT2D eigenvalue weighted by molar-refractivity contribution is 0.450. The lowest BCUT2D eigenvalue weighted by Crippen LogP contribution is -1.84. The van der Waals surface area contributed by atoms with Gasteiger partial charge in [-0.05, 0) is 0 Å². The quantitative estimate of drug-likeness (QED) is 0.387. The van der Waals surface area contributed by atoms with E-state index in [1.807, 2.05) is 0 Å². The summed E-state index contributed by atoms with van der Waals surface area (Å²) in [6.45, 7) is 0. The Kier molecular flexibility index (Phi) is 3.17. The summed E-state index contributed by atoms with van der Waals surface area (Å²) >= 11 is 0. The molecule has 0 fully saturated rings. The van der Waals surface area contributed by atoms with Gasteiger partial charge in [-0.1, -0.05) is 0 Å². The van der Waals surface area contributed by atoms with Crippen LogP contribution in [0, 0.1) is 11.2 Å². The van der Waals surface area contributed by atoms with E-state index < -0.39 is 0 Å². The minimum atomic E-state index is 0.194. The normalized spacial score (nSPS) is 5.60. The van der Waals surface area contributed by atoms with Gasteiger partial charge in [-0.25, -0.2) is 5.26 Å². The molecule has 0 aliphatic rings. The Morgan fingerprint density at radius 1 is 2.00 bits per heavy atom. The fourth-order valence-corrected chi connectivity index (χ4v) is 0.0645. The molecule has 0 amide bonds. The second-order valence-electron chi connectivity index (χ2n) is 0.591. The van der Waals surface area contributed by atoms with E-state index in [0.717, 1.165) is 0 Å². The van der Waals surface area contributed by atoms with Crippen LogP contribution < -0.4 is 0 Å². The van der Waals surface area contributed by atoms with Gasteiger partial charge in [0.1, 0.15) is 0 Å². The molecule has 5 heavy (non-hydrogen) atoms. The van der Waals surface area contributed by atoms with Gasteiger partial charge in [0.2, 0.25) is 0 Å². The van der Waals surface area contributed by atoms with E-state index in [4.69, 9.17) is 5.26 Å². The molecule has 26 valence electrons. The van der Waals surface area contributed by atoms with Crippen LogP contribution in [0.25, 0.3) is 0 Å². The van der Waals surface area contributed by atoms with Crippen molar-refractivity contribution in [3.8, 4) is 5.97 Å². The second kappa shape index (κ2) is 3.51. The monoisotopic (exact) mass is 69.0 g/mol. The zero-order valence-corrected chi connectivity index (χ0v) is 3.06. The van der Waals surface area contributed by atoms with Gasteiger partial charge in [0.05, 0.1) is 0 Å². The van der Waals surface area contributed by atoms with E-state index in [-0.39, 0.29) is 7.48 Å². The van der Waals surface area contributed by atoms with Crippen molar-refractivity contribution < 1.29 is 4.65 Å². The molecule has 0 saturated carbocycles. The number of nitrogens with zero attached hydrogens (tertiary/aromatic N) is 1. The summed E-state index contributed by atoms with van der Waals surface area (Å²) in [6.07, 6.45) is 0. The van der Waals surface area contributed by atoms with Crippen LogP contribution in [0.3, 0.4) is 0 Å². The van der Waals surface area contributed by atoms with Gasteiger partial charge in [-0.3, -0.25) is 0 Å². The molecule has 0 aliphatic carbocycles. The average Bonchev–Trinajstić information content (AvgIpc) is 1.41. The van der Waals surface area contributed by atoms with Crippen LogP contribution in [0.2, 0.25) is 0 Å². The third-order valence-corrected chi connectivity index (χ3v) is 0.209. The summed E-state index contributed by atoms with van der Waals surface area (Å²) in [5.74, 6) is 1.80. The molecular formula is C2H4BNO. The van der Waals surface area contributed by atoms with Gasteiger partial charge in [-0.2, -0.15) is 0 Å². The molecule has 0 N–H and O–H groups in total. The Morgan fingerprint density at radius 2 is 2.60 bits per heavy atom. The van der Waals surface area contributed by atoms with E-state index in [1.165, 1.54) is 7.11 Å². The molecule has 2 nitrogen and oxygen atoms in total. The molecule has 3 heteroatoms. The van der Waals surface area contributed by atoms with Gasteiger partial charge in [0.25, 0.3) is 0 Å². The maximum Gasteiger partial charge on any atom is 0.396 e. The molecule has 0 bridgehead atoms. The van der Waals surface area contributed by atoms with Gasteiger partial charge >= 0.3 is 7.48 Å². The van der Waals surface area contributed by atoms with E-state index in [0.29, 0.717) is 0 Å². The third-order valence-electron chi connectivity index (χ3n) is 0.209. The maximum absolute atomic E-state index is 7.69. The first-order chi connectivity index (χ1) is 2.41. The fraction of sp³-hybridized carbons (Fsp3) is 0.500. The van der Waals surface area contributed by atoms with Crippen LogP contribution in [0.15, 0.2) is 0 Å². The van der Waals surface area contributed by atoms with Crippen molar-refractivity contribution in [3.05, 3.63) is 0 Å². The third kappa shape index (κ3) is 3.51. The lowest BCUT2D eigenvalue weighted by Gasteiger charge is -1.70. The van der Waals surface area contributed by atoms with Crippen LogP contribution >= 0.6 is 0 Å². The van der Waals surface area contributed by atoms with Crippen LogP contribution in [-0.4, -0.2) is 14.6 Å². The van der Waals surface area contributed by atoms with Crippen molar-refractivity contribution in [1.82, 2.24) is 0 Å². The number of rotatable bonds is 1. The van der Waals surface area contributed by atoms with Crippen molar-refractivity contribution in [2.24, 2.45) is 0 Å². The average molecular weight is 68.9 g/mol. The van der Waals surface area contributed by atoms with Crippen molar-refractivity contribution in [2.45, 2.75) is 0 Å². The Balaban J connectivity index is 2.48. The molecule has 0 aromatic heterocycles. The predicted molar refractivity (Wildman–Crippen MR) is 19.8 cm³/mol. The first-order valence-electron chi connectivity index (χ1n) is 1.27. The molecule has 0 aromatic carbocycles. The van der Waals surface area contributed by atoms with Crippen molar-refractivity contribution in [1.29, 1.82) is 5.26 Å². The van der Waals surface area contributed by atoms with Crippen molar-refractivity contribution in [2.75, 3.05) is 7.11 Å². The molecule has 0 saturated heterocycles. The zero-order chi connectivity index (χ0) is 4.12. The smallest absolute Gasteiger partial charge is 0.396 e. The summed E-state index contributed by atoms with van der Waals surface area (Å²) in [7, 11) is 1.68. The number of hydrogen-bond acceptors (Lipinski definition) is 2. The van der Waals surface area contributed by atoms with E-state index in [2.05, 4.69) is 4.65 Å². The van der Waals surface area contributed by atoms with Crippen molar-refractivity contribution >= 4 is 7.48 Å². The lowest BCUT2D eigenvalue weighted by atomic mass is 10.1. The Bertz CT molecular complexity index is 48.1. The highest BCUT2D eigenvalue weighted by molar-refractivity contribution is 6.37. The molecule has 0 rings (SSSR count). The van der Waals surface area contributed by atoms with Crippen LogP contribution in [0.4, 0.5) is 0 Å². The number of nitriles is 1. The van der Waals surface area contributed by atoms with Crippen LogP contribution in [-0.2, 0) is 4.65 Å². The molecule has 0 unspecified atom stereocenters. The zero-order valence-electron chi connectivity index (χ0n) is 3.06. The highest BCUT2D eigenvalue weighted by atomic mass is 16.4. The predicted octanol–water partition coefficient (Wildman–Crippen LogP) is -0.535. The van der Waals surface area contributed by atoms with E-state index in [1.54, 1.807) is 5.97 Å². The molecule has 0 atom stereocenters. The summed E-state index contributed by atoms with van der Waals surface area (Å²) in [4.78, 5) is 0. The Morgan fingerprint density at radius 3 is 2.60 bits per heavy atom. The second-order valence-corrected chi connectivity index (χ2v) is 0.591. The minimum absolute atomic E-state index is 0.194. The molecule has 0 radical (unpaired) electrons. The molecule has 0 spiro atoms.